The van der Waals surface area contributed by atoms with Crippen LogP contribution in [0.25, 0.3) is 0 Å². The smallest absolute Gasteiger partial charge is 0.151 e. The molecule has 92 valence electrons. The van der Waals surface area contributed by atoms with Crippen LogP contribution in [0.2, 0.25) is 0 Å². The van der Waals surface area contributed by atoms with E-state index in [1.807, 2.05) is 12.1 Å². The fourth-order valence-corrected chi connectivity index (χ4v) is 2.57. The predicted molar refractivity (Wildman–Crippen MR) is 73.8 cm³/mol. The summed E-state index contributed by atoms with van der Waals surface area (Å²) in [6.45, 7) is 2.20. The molecule has 1 aliphatic rings. The first-order valence-corrected chi connectivity index (χ1v) is 6.69. The first-order valence-electron chi connectivity index (χ1n) is 5.10. The van der Waals surface area contributed by atoms with E-state index in [-0.39, 0.29) is 0 Å². The van der Waals surface area contributed by atoms with Crippen molar-refractivity contribution in [2.45, 2.75) is 0 Å². The number of nitrogen functional groups attached to an aromatic ring is 1. The largest absolute Gasteiger partial charge is 0.492 e. The van der Waals surface area contributed by atoms with Crippen molar-refractivity contribution in [3.05, 3.63) is 33.1 Å². The number of morpholine rings is 1. The molecule has 3 N–H and O–H groups in total. The van der Waals surface area contributed by atoms with Gasteiger partial charge < -0.3 is 20.5 Å². The molecule has 1 fully saturated rings. The lowest BCUT2D eigenvalue weighted by molar-refractivity contribution is 0.168. The van der Waals surface area contributed by atoms with Crippen LogP contribution in [0.15, 0.2) is 33.1 Å². The van der Waals surface area contributed by atoms with Crippen molar-refractivity contribution in [2.24, 2.45) is 0 Å². The van der Waals surface area contributed by atoms with Crippen LogP contribution in [-0.4, -0.2) is 19.7 Å². The molecule has 0 amide bonds. The Morgan fingerprint density at radius 1 is 1.41 bits per heavy atom. The molecule has 1 aliphatic heterocycles. The van der Waals surface area contributed by atoms with Crippen molar-refractivity contribution in [3.8, 4) is 5.75 Å². The number of halogens is 2. The maximum Gasteiger partial charge on any atom is 0.151 e. The molecule has 0 atom stereocenters. The van der Waals surface area contributed by atoms with Gasteiger partial charge in [-0.05, 0) is 28.1 Å². The Kier molecular flexibility index (Phi) is 4.31. The van der Waals surface area contributed by atoms with Crippen molar-refractivity contribution in [1.29, 1.82) is 0 Å². The van der Waals surface area contributed by atoms with Crippen LogP contribution in [0.1, 0.15) is 0 Å². The Bertz CT molecular complexity index is 441. The second kappa shape index (κ2) is 5.75. The van der Waals surface area contributed by atoms with Crippen LogP contribution in [0.4, 0.5) is 5.69 Å². The van der Waals surface area contributed by atoms with Crippen molar-refractivity contribution < 1.29 is 9.47 Å². The molecule has 1 heterocycles. The normalized spacial score (nSPS) is 17.9. The molecular formula is C11H12Br2N2O2. The van der Waals surface area contributed by atoms with Gasteiger partial charge in [-0.1, -0.05) is 15.9 Å². The predicted octanol–water partition coefficient (Wildman–Crippen LogP) is 2.63. The topological polar surface area (TPSA) is 56.5 Å². The Morgan fingerprint density at radius 3 is 2.94 bits per heavy atom. The lowest BCUT2D eigenvalue weighted by Crippen LogP contribution is -2.29. The number of benzene rings is 1. The van der Waals surface area contributed by atoms with E-state index in [0.29, 0.717) is 24.6 Å². The van der Waals surface area contributed by atoms with Crippen LogP contribution in [-0.2, 0) is 4.74 Å². The van der Waals surface area contributed by atoms with Gasteiger partial charge in [0.2, 0.25) is 0 Å². The molecule has 0 spiro atoms. The molecule has 0 unspecified atom stereocenters. The van der Waals surface area contributed by atoms with Crippen LogP contribution in [0, 0.1) is 0 Å². The Morgan fingerprint density at radius 2 is 2.24 bits per heavy atom. The van der Waals surface area contributed by atoms with E-state index >= 15 is 0 Å². The molecule has 0 aromatic heterocycles. The summed E-state index contributed by atoms with van der Waals surface area (Å²) >= 11 is 6.75. The highest BCUT2D eigenvalue weighted by Gasteiger charge is 2.08. The van der Waals surface area contributed by atoms with Gasteiger partial charge in [-0.2, -0.15) is 0 Å². The second-order valence-electron chi connectivity index (χ2n) is 3.53. The number of hydrogen-bond acceptors (Lipinski definition) is 4. The molecule has 0 radical (unpaired) electrons. The summed E-state index contributed by atoms with van der Waals surface area (Å²) < 4.78 is 12.6. The Hall–Kier alpha value is -0.720. The van der Waals surface area contributed by atoms with Crippen LogP contribution in [0.5, 0.6) is 5.75 Å². The van der Waals surface area contributed by atoms with Gasteiger partial charge in [0, 0.05) is 15.5 Å². The molecule has 17 heavy (non-hydrogen) atoms. The lowest BCUT2D eigenvalue weighted by Gasteiger charge is -2.17. The highest BCUT2D eigenvalue weighted by Crippen LogP contribution is 2.33. The summed E-state index contributed by atoms with van der Waals surface area (Å²) in [6.07, 6.45) is 1.58. The van der Waals surface area contributed by atoms with E-state index < -0.39 is 0 Å². The molecule has 0 saturated carbocycles. The highest BCUT2D eigenvalue weighted by molar-refractivity contribution is 9.11. The summed E-state index contributed by atoms with van der Waals surface area (Å²) in [6, 6.07) is 3.68. The number of hydrogen-bond donors (Lipinski definition) is 2. The summed E-state index contributed by atoms with van der Waals surface area (Å²) in [5.41, 5.74) is 6.45. The van der Waals surface area contributed by atoms with Gasteiger partial charge in [0.05, 0.1) is 12.2 Å². The van der Waals surface area contributed by atoms with Crippen LogP contribution < -0.4 is 15.8 Å². The molecule has 0 bridgehead atoms. The second-order valence-corrected chi connectivity index (χ2v) is 5.30. The number of anilines is 1. The zero-order valence-electron chi connectivity index (χ0n) is 9.00. The van der Waals surface area contributed by atoms with Gasteiger partial charge in [0.15, 0.2) is 5.75 Å². The minimum atomic E-state index is 0.564. The average Bonchev–Trinajstić information content (AvgIpc) is 2.33. The third-order valence-electron chi connectivity index (χ3n) is 2.24. The van der Waals surface area contributed by atoms with E-state index in [9.17, 15) is 0 Å². The van der Waals surface area contributed by atoms with Crippen LogP contribution in [0.3, 0.4) is 0 Å². The highest BCUT2D eigenvalue weighted by atomic mass is 79.9. The summed E-state index contributed by atoms with van der Waals surface area (Å²) in [7, 11) is 0. The van der Waals surface area contributed by atoms with E-state index in [1.165, 1.54) is 0 Å². The number of nitrogens with two attached hydrogens (primary N) is 1. The molecular weight excluding hydrogens is 352 g/mol. The molecule has 4 nitrogen and oxygen atoms in total. The number of ether oxygens (including phenoxy) is 2. The lowest BCUT2D eigenvalue weighted by atomic mass is 10.3. The molecule has 1 aromatic rings. The minimum Gasteiger partial charge on any atom is -0.492 e. The van der Waals surface area contributed by atoms with Crippen molar-refractivity contribution in [2.75, 3.05) is 25.4 Å². The minimum absolute atomic E-state index is 0.564. The fourth-order valence-electron chi connectivity index (χ4n) is 1.38. The van der Waals surface area contributed by atoms with Gasteiger partial charge in [-0.3, -0.25) is 0 Å². The van der Waals surface area contributed by atoms with Crippen LogP contribution >= 0.6 is 31.9 Å². The average molecular weight is 364 g/mol. The zero-order valence-corrected chi connectivity index (χ0v) is 12.2. The maximum atomic E-state index is 5.89. The third-order valence-corrected chi connectivity index (χ3v) is 3.35. The van der Waals surface area contributed by atoms with E-state index in [2.05, 4.69) is 37.2 Å². The van der Waals surface area contributed by atoms with Gasteiger partial charge >= 0.3 is 0 Å². The van der Waals surface area contributed by atoms with Crippen molar-refractivity contribution in [3.63, 3.8) is 0 Å². The SMILES string of the molecule is Nc1c(Br)cc(Br)cc1OC=C1CNCCO1. The quantitative estimate of drug-likeness (QED) is 0.626. The first kappa shape index (κ1) is 12.7. The third kappa shape index (κ3) is 3.37. The molecule has 2 rings (SSSR count). The van der Waals surface area contributed by atoms with Gasteiger partial charge in [0.1, 0.15) is 18.6 Å². The standard InChI is InChI=1S/C11H12Br2N2O2/c12-7-3-9(13)11(14)10(4-7)17-6-8-5-15-1-2-16-8/h3-4,6,15H,1-2,5,14H2. The summed E-state index contributed by atoms with van der Waals surface area (Å²) in [5, 5.41) is 3.19. The van der Waals surface area contributed by atoms with Gasteiger partial charge in [-0.25, -0.2) is 0 Å². The van der Waals surface area contributed by atoms with Crippen molar-refractivity contribution >= 4 is 37.5 Å². The maximum absolute atomic E-state index is 5.89. The van der Waals surface area contributed by atoms with Gasteiger partial charge in [-0.15, -0.1) is 0 Å². The van der Waals surface area contributed by atoms with Crippen molar-refractivity contribution in [1.82, 2.24) is 5.32 Å². The van der Waals surface area contributed by atoms with E-state index in [1.54, 1.807) is 6.26 Å². The summed E-state index contributed by atoms with van der Waals surface area (Å²) in [5.74, 6) is 1.36. The molecule has 1 aromatic carbocycles. The fraction of sp³-hybridized carbons (Fsp3) is 0.273. The van der Waals surface area contributed by atoms with Gasteiger partial charge in [0.25, 0.3) is 0 Å². The molecule has 1 saturated heterocycles. The first-order chi connectivity index (χ1) is 8.16. The Balaban J connectivity index is 2.13. The zero-order chi connectivity index (χ0) is 12.3. The monoisotopic (exact) mass is 362 g/mol. The van der Waals surface area contributed by atoms with E-state index in [0.717, 1.165) is 21.2 Å². The number of rotatable bonds is 2. The van der Waals surface area contributed by atoms with E-state index in [4.69, 9.17) is 15.2 Å². The molecule has 0 aliphatic carbocycles. The Labute approximate surface area is 116 Å². The molecule has 6 heteroatoms. The number of nitrogens with one attached hydrogen (secondary N) is 1. The summed E-state index contributed by atoms with van der Waals surface area (Å²) in [4.78, 5) is 0.